The Morgan fingerprint density at radius 3 is 2.88 bits per heavy atom. The number of guanidine groups is 1. The summed E-state index contributed by atoms with van der Waals surface area (Å²) in [6.45, 7) is 5.22. The number of nitrogens with one attached hydrogen (secondary N) is 2. The molecule has 6 nitrogen and oxygen atoms in total. The highest BCUT2D eigenvalue weighted by molar-refractivity contribution is 5.80. The predicted octanol–water partition coefficient (Wildman–Crippen LogP) is 2.42. The second kappa shape index (κ2) is 9.08. The average molecular weight is 353 g/mol. The molecule has 26 heavy (non-hydrogen) atoms. The zero-order valence-corrected chi connectivity index (χ0v) is 15.5. The number of ether oxygens (including phenoxy) is 1. The number of benzene rings is 1. The Morgan fingerprint density at radius 1 is 1.27 bits per heavy atom. The van der Waals surface area contributed by atoms with E-state index in [9.17, 15) is 0 Å². The van der Waals surface area contributed by atoms with Gasteiger partial charge in [-0.25, -0.2) is 4.98 Å². The Labute approximate surface area is 155 Å². The molecule has 138 valence electrons. The minimum Gasteiger partial charge on any atom is -0.478 e. The monoisotopic (exact) mass is 353 g/mol. The molecule has 0 amide bonds. The molecule has 1 saturated heterocycles. The van der Waals surface area contributed by atoms with E-state index in [0.717, 1.165) is 31.0 Å². The number of anilines is 1. The van der Waals surface area contributed by atoms with Crippen molar-refractivity contribution in [1.29, 1.82) is 0 Å². The summed E-state index contributed by atoms with van der Waals surface area (Å²) < 4.78 is 5.58. The van der Waals surface area contributed by atoms with Crippen molar-refractivity contribution >= 4 is 11.6 Å². The highest BCUT2D eigenvalue weighted by Gasteiger charge is 2.23. The van der Waals surface area contributed by atoms with Crippen molar-refractivity contribution in [3.05, 3.63) is 54.2 Å². The minimum absolute atomic E-state index is 0.377. The van der Waals surface area contributed by atoms with Crippen LogP contribution in [0.1, 0.15) is 18.9 Å². The van der Waals surface area contributed by atoms with Crippen molar-refractivity contribution in [2.45, 2.75) is 25.9 Å². The highest BCUT2D eigenvalue weighted by Crippen LogP contribution is 2.19. The lowest BCUT2D eigenvalue weighted by Crippen LogP contribution is -2.44. The number of hydrogen-bond acceptors (Lipinski definition) is 4. The van der Waals surface area contributed by atoms with Crippen LogP contribution >= 0.6 is 0 Å². The van der Waals surface area contributed by atoms with Crippen LogP contribution in [0.2, 0.25) is 0 Å². The van der Waals surface area contributed by atoms with E-state index >= 15 is 0 Å². The zero-order valence-electron chi connectivity index (χ0n) is 15.5. The van der Waals surface area contributed by atoms with Crippen molar-refractivity contribution in [3.63, 3.8) is 0 Å². The van der Waals surface area contributed by atoms with Crippen molar-refractivity contribution in [1.82, 2.24) is 15.6 Å². The Balaban J connectivity index is 1.53. The summed E-state index contributed by atoms with van der Waals surface area (Å²) in [5.74, 6) is 1.48. The number of hydrogen-bond donors (Lipinski definition) is 2. The first-order valence-electron chi connectivity index (χ1n) is 9.14. The van der Waals surface area contributed by atoms with Gasteiger partial charge in [0, 0.05) is 50.2 Å². The molecule has 0 radical (unpaired) electrons. The third-order valence-electron chi connectivity index (χ3n) is 4.45. The topological polar surface area (TPSA) is 61.8 Å². The maximum Gasteiger partial charge on any atom is 0.218 e. The van der Waals surface area contributed by atoms with E-state index in [1.807, 2.05) is 19.1 Å². The lowest BCUT2D eigenvalue weighted by Gasteiger charge is -2.20. The summed E-state index contributed by atoms with van der Waals surface area (Å²) in [5.41, 5.74) is 2.30. The van der Waals surface area contributed by atoms with Gasteiger partial charge in [-0.2, -0.15) is 0 Å². The predicted molar refractivity (Wildman–Crippen MR) is 106 cm³/mol. The normalized spacial score (nSPS) is 17.2. The van der Waals surface area contributed by atoms with Crippen LogP contribution in [-0.2, 0) is 6.54 Å². The van der Waals surface area contributed by atoms with Gasteiger partial charge in [-0.05, 0) is 31.5 Å². The van der Waals surface area contributed by atoms with E-state index in [2.05, 4.69) is 55.8 Å². The number of pyridine rings is 1. The zero-order chi connectivity index (χ0) is 18.2. The SMILES string of the molecule is CCOc1ncccc1CNC(=NC)NC1CCN(c2ccccc2)C1. The largest absolute Gasteiger partial charge is 0.478 e. The van der Waals surface area contributed by atoms with E-state index in [4.69, 9.17) is 4.74 Å². The molecule has 3 rings (SSSR count). The number of aliphatic imine (C=N–C) groups is 1. The van der Waals surface area contributed by atoms with Gasteiger partial charge in [-0.3, -0.25) is 4.99 Å². The Bertz CT molecular complexity index is 719. The van der Waals surface area contributed by atoms with Crippen LogP contribution in [0.25, 0.3) is 0 Å². The van der Waals surface area contributed by atoms with Crippen LogP contribution in [0.5, 0.6) is 5.88 Å². The molecule has 2 heterocycles. The minimum atomic E-state index is 0.377. The molecular weight excluding hydrogens is 326 g/mol. The standard InChI is InChI=1S/C20H27N5O/c1-3-26-19-16(8-7-12-22-19)14-23-20(21-2)24-17-11-13-25(15-17)18-9-5-4-6-10-18/h4-10,12,17H,3,11,13-15H2,1-2H3,(H2,21,23,24). The van der Waals surface area contributed by atoms with Gasteiger partial charge in [-0.15, -0.1) is 0 Å². The molecule has 0 aliphatic carbocycles. The maximum absolute atomic E-state index is 5.58. The number of para-hydroxylation sites is 1. The van der Waals surface area contributed by atoms with Gasteiger partial charge in [0.25, 0.3) is 0 Å². The van der Waals surface area contributed by atoms with Crippen molar-refractivity contribution in [2.24, 2.45) is 4.99 Å². The molecule has 1 aromatic carbocycles. The summed E-state index contributed by atoms with van der Waals surface area (Å²) in [6.07, 6.45) is 2.84. The smallest absolute Gasteiger partial charge is 0.218 e. The fourth-order valence-electron chi connectivity index (χ4n) is 3.14. The maximum atomic E-state index is 5.58. The van der Waals surface area contributed by atoms with Crippen molar-refractivity contribution in [3.8, 4) is 5.88 Å². The molecule has 1 aromatic heterocycles. The first kappa shape index (κ1) is 18.0. The van der Waals surface area contributed by atoms with Crippen LogP contribution in [0.3, 0.4) is 0 Å². The van der Waals surface area contributed by atoms with Crippen LogP contribution in [0.15, 0.2) is 53.7 Å². The quantitative estimate of drug-likeness (QED) is 0.617. The lowest BCUT2D eigenvalue weighted by molar-refractivity contribution is 0.322. The molecule has 1 atom stereocenters. The van der Waals surface area contributed by atoms with Crippen LogP contribution < -0.4 is 20.3 Å². The molecule has 1 unspecified atom stereocenters. The molecule has 0 bridgehead atoms. The second-order valence-electron chi connectivity index (χ2n) is 6.24. The van der Waals surface area contributed by atoms with Crippen molar-refractivity contribution in [2.75, 3.05) is 31.6 Å². The fraction of sp³-hybridized carbons (Fsp3) is 0.400. The summed E-state index contributed by atoms with van der Waals surface area (Å²) in [4.78, 5) is 11.0. The molecule has 2 aromatic rings. The van der Waals surface area contributed by atoms with E-state index in [0.29, 0.717) is 25.1 Å². The summed E-state index contributed by atoms with van der Waals surface area (Å²) in [7, 11) is 1.80. The van der Waals surface area contributed by atoms with E-state index in [1.165, 1.54) is 5.69 Å². The van der Waals surface area contributed by atoms with Gasteiger partial charge in [0.05, 0.1) is 6.61 Å². The summed E-state index contributed by atoms with van der Waals surface area (Å²) in [6, 6.07) is 14.9. The van der Waals surface area contributed by atoms with Gasteiger partial charge in [-0.1, -0.05) is 24.3 Å². The van der Waals surface area contributed by atoms with Gasteiger partial charge >= 0.3 is 0 Å². The second-order valence-corrected chi connectivity index (χ2v) is 6.24. The Kier molecular flexibility index (Phi) is 6.30. The third kappa shape index (κ3) is 4.65. The Morgan fingerprint density at radius 2 is 2.12 bits per heavy atom. The first-order valence-corrected chi connectivity index (χ1v) is 9.14. The molecule has 6 heteroatoms. The van der Waals surface area contributed by atoms with Gasteiger partial charge in [0.1, 0.15) is 0 Å². The molecule has 2 N–H and O–H groups in total. The molecular formula is C20H27N5O. The van der Waals surface area contributed by atoms with Crippen LogP contribution in [-0.4, -0.2) is 43.7 Å². The molecule has 0 saturated carbocycles. The van der Waals surface area contributed by atoms with E-state index in [1.54, 1.807) is 13.2 Å². The van der Waals surface area contributed by atoms with Crippen LogP contribution in [0.4, 0.5) is 5.69 Å². The Hall–Kier alpha value is -2.76. The average Bonchev–Trinajstić information content (AvgIpc) is 3.15. The van der Waals surface area contributed by atoms with E-state index < -0.39 is 0 Å². The third-order valence-corrected chi connectivity index (χ3v) is 4.45. The number of nitrogens with zero attached hydrogens (tertiary/aromatic N) is 3. The molecule has 1 aliphatic heterocycles. The van der Waals surface area contributed by atoms with Gasteiger partial charge in [0.15, 0.2) is 5.96 Å². The highest BCUT2D eigenvalue weighted by atomic mass is 16.5. The summed E-state index contributed by atoms with van der Waals surface area (Å²) >= 11 is 0. The van der Waals surface area contributed by atoms with E-state index in [-0.39, 0.29) is 0 Å². The summed E-state index contributed by atoms with van der Waals surface area (Å²) in [5, 5.41) is 6.89. The molecule has 1 aliphatic rings. The lowest BCUT2D eigenvalue weighted by atomic mass is 10.2. The van der Waals surface area contributed by atoms with Gasteiger partial charge in [0.2, 0.25) is 5.88 Å². The molecule has 0 spiro atoms. The number of rotatable bonds is 6. The van der Waals surface area contributed by atoms with Gasteiger partial charge < -0.3 is 20.3 Å². The first-order chi connectivity index (χ1) is 12.8. The van der Waals surface area contributed by atoms with Crippen LogP contribution in [0, 0.1) is 0 Å². The number of aromatic nitrogens is 1. The van der Waals surface area contributed by atoms with Crippen molar-refractivity contribution < 1.29 is 4.74 Å². The fourth-order valence-corrected chi connectivity index (χ4v) is 3.14. The molecule has 1 fully saturated rings.